The molecule has 5 nitrogen and oxygen atoms in total. The number of aryl methyl sites for hydroxylation is 3. The zero-order valence-electron chi connectivity index (χ0n) is 19.6. The van der Waals surface area contributed by atoms with Gasteiger partial charge in [0.1, 0.15) is 4.83 Å². The molecule has 2 aromatic heterocycles. The van der Waals surface area contributed by atoms with E-state index in [1.807, 2.05) is 36.1 Å². The van der Waals surface area contributed by atoms with Crippen LogP contribution in [0.25, 0.3) is 15.9 Å². The molecule has 3 heterocycles. The zero-order valence-corrected chi connectivity index (χ0v) is 21.2. The average molecular weight is 482 g/mol. The predicted octanol–water partition coefficient (Wildman–Crippen LogP) is 5.52. The number of thioether (sulfide) groups is 1. The van der Waals surface area contributed by atoms with Gasteiger partial charge in [-0.25, -0.2) is 4.98 Å². The van der Waals surface area contributed by atoms with Crippen LogP contribution in [0.4, 0.5) is 0 Å². The van der Waals surface area contributed by atoms with Gasteiger partial charge in [0.25, 0.3) is 5.56 Å². The molecule has 3 aromatic rings. The van der Waals surface area contributed by atoms with Gasteiger partial charge in [-0.05, 0) is 89.0 Å². The molecule has 1 aromatic carbocycles. The molecule has 1 aliphatic heterocycles. The lowest BCUT2D eigenvalue weighted by Crippen LogP contribution is -2.48. The first-order valence-corrected chi connectivity index (χ1v) is 13.8. The van der Waals surface area contributed by atoms with Crippen LogP contribution in [0.5, 0.6) is 0 Å². The molecule has 33 heavy (non-hydrogen) atoms. The summed E-state index contributed by atoms with van der Waals surface area (Å²) in [6.07, 6.45) is 7.57. The maximum atomic E-state index is 13.9. The highest BCUT2D eigenvalue weighted by atomic mass is 32.2. The van der Waals surface area contributed by atoms with Gasteiger partial charge in [0.05, 0.1) is 16.8 Å². The molecule has 2 atom stereocenters. The fourth-order valence-corrected chi connectivity index (χ4v) is 7.58. The summed E-state index contributed by atoms with van der Waals surface area (Å²) in [7, 11) is 0. The van der Waals surface area contributed by atoms with Crippen molar-refractivity contribution < 1.29 is 4.79 Å². The number of amides is 1. The van der Waals surface area contributed by atoms with E-state index in [2.05, 4.69) is 13.8 Å². The Hall–Kier alpha value is -2.12. The van der Waals surface area contributed by atoms with Gasteiger partial charge in [-0.1, -0.05) is 23.9 Å². The molecule has 0 radical (unpaired) electrons. The quantitative estimate of drug-likeness (QED) is 0.364. The third kappa shape index (κ3) is 4.26. The largest absolute Gasteiger partial charge is 0.337 e. The number of likely N-dealkylation sites (tertiary alicyclic amines) is 1. The Morgan fingerprint density at radius 3 is 2.67 bits per heavy atom. The Bertz CT molecular complexity index is 1250. The van der Waals surface area contributed by atoms with Gasteiger partial charge in [-0.2, -0.15) is 0 Å². The molecule has 0 spiro atoms. The molecule has 0 bridgehead atoms. The van der Waals surface area contributed by atoms with E-state index in [1.165, 1.54) is 35.0 Å². The van der Waals surface area contributed by atoms with E-state index in [-0.39, 0.29) is 23.6 Å². The van der Waals surface area contributed by atoms with Crippen LogP contribution in [0, 0.1) is 6.92 Å². The van der Waals surface area contributed by atoms with E-state index < -0.39 is 0 Å². The lowest BCUT2D eigenvalue weighted by atomic mass is 9.97. The first-order valence-electron chi connectivity index (χ1n) is 12.0. The molecule has 2 aliphatic rings. The number of fused-ring (bicyclic) bond motifs is 3. The monoisotopic (exact) mass is 481 g/mol. The summed E-state index contributed by atoms with van der Waals surface area (Å²) >= 11 is 3.06. The highest BCUT2D eigenvalue weighted by Gasteiger charge is 2.29. The van der Waals surface area contributed by atoms with Crippen molar-refractivity contribution in [2.45, 2.75) is 83.0 Å². The third-order valence-corrected chi connectivity index (χ3v) is 9.13. The normalized spacial score (nSPS) is 20.8. The Balaban J connectivity index is 1.56. The minimum absolute atomic E-state index is 0.000317. The Morgan fingerprint density at radius 1 is 1.15 bits per heavy atom. The van der Waals surface area contributed by atoms with Gasteiger partial charge in [0.15, 0.2) is 5.16 Å². The van der Waals surface area contributed by atoms with Crippen LogP contribution in [-0.4, -0.2) is 38.2 Å². The zero-order chi connectivity index (χ0) is 23.1. The number of hydrogen-bond acceptors (Lipinski definition) is 5. The van der Waals surface area contributed by atoms with Crippen molar-refractivity contribution in [1.29, 1.82) is 0 Å². The maximum absolute atomic E-state index is 13.9. The van der Waals surface area contributed by atoms with Crippen molar-refractivity contribution in [2.75, 3.05) is 5.75 Å². The van der Waals surface area contributed by atoms with Crippen molar-refractivity contribution in [2.24, 2.45) is 0 Å². The number of nitrogens with zero attached hydrogens (tertiary/aromatic N) is 3. The average Bonchev–Trinajstić information content (AvgIpc) is 3.16. The minimum atomic E-state index is -0.000317. The van der Waals surface area contributed by atoms with Crippen molar-refractivity contribution in [3.8, 4) is 5.69 Å². The second-order valence-electron chi connectivity index (χ2n) is 9.48. The van der Waals surface area contributed by atoms with Crippen LogP contribution >= 0.6 is 23.1 Å². The molecule has 5 rings (SSSR count). The lowest BCUT2D eigenvalue weighted by Gasteiger charge is -2.39. The molecule has 0 saturated carbocycles. The molecular weight excluding hydrogens is 450 g/mol. The summed E-state index contributed by atoms with van der Waals surface area (Å²) in [4.78, 5) is 36.2. The predicted molar refractivity (Wildman–Crippen MR) is 137 cm³/mol. The van der Waals surface area contributed by atoms with Gasteiger partial charge < -0.3 is 4.90 Å². The fraction of sp³-hybridized carbons (Fsp3) is 0.500. The van der Waals surface area contributed by atoms with Gasteiger partial charge in [0, 0.05) is 17.0 Å². The summed E-state index contributed by atoms with van der Waals surface area (Å²) in [6, 6.07) is 8.51. The van der Waals surface area contributed by atoms with E-state index in [0.29, 0.717) is 10.9 Å². The van der Waals surface area contributed by atoms with E-state index in [1.54, 1.807) is 15.9 Å². The second kappa shape index (κ2) is 9.26. The summed E-state index contributed by atoms with van der Waals surface area (Å²) in [5.74, 6) is 0.430. The first kappa shape index (κ1) is 22.7. The fourth-order valence-electron chi connectivity index (χ4n) is 5.39. The van der Waals surface area contributed by atoms with Gasteiger partial charge in [-0.15, -0.1) is 11.3 Å². The van der Waals surface area contributed by atoms with Gasteiger partial charge >= 0.3 is 0 Å². The number of rotatable bonds is 4. The highest BCUT2D eigenvalue weighted by molar-refractivity contribution is 7.99. The summed E-state index contributed by atoms with van der Waals surface area (Å²) in [5.41, 5.74) is 3.11. The van der Waals surface area contributed by atoms with Crippen molar-refractivity contribution in [3.05, 3.63) is 50.6 Å². The Morgan fingerprint density at radius 2 is 1.91 bits per heavy atom. The number of carbonyl (C=O) groups is 1. The molecular formula is C26H31N3O2S2. The molecule has 174 valence electrons. The third-order valence-electron chi connectivity index (χ3n) is 7.02. The molecule has 1 amide bonds. The van der Waals surface area contributed by atoms with Gasteiger partial charge in [0.2, 0.25) is 5.91 Å². The van der Waals surface area contributed by atoms with Crippen LogP contribution < -0.4 is 5.56 Å². The number of aromatic nitrogens is 2. The summed E-state index contributed by atoms with van der Waals surface area (Å²) in [5, 5.41) is 1.40. The molecule has 7 heteroatoms. The molecule has 0 unspecified atom stereocenters. The lowest BCUT2D eigenvalue weighted by molar-refractivity contribution is -0.134. The van der Waals surface area contributed by atoms with E-state index in [9.17, 15) is 9.59 Å². The van der Waals surface area contributed by atoms with E-state index >= 15 is 0 Å². The molecule has 1 saturated heterocycles. The van der Waals surface area contributed by atoms with Crippen LogP contribution in [0.2, 0.25) is 0 Å². The maximum Gasteiger partial charge on any atom is 0.267 e. The summed E-state index contributed by atoms with van der Waals surface area (Å²) < 4.78 is 1.73. The molecule has 1 aliphatic carbocycles. The van der Waals surface area contributed by atoms with Crippen LogP contribution in [0.15, 0.2) is 34.2 Å². The minimum Gasteiger partial charge on any atom is -0.337 e. The number of benzene rings is 1. The Labute approximate surface area is 203 Å². The summed E-state index contributed by atoms with van der Waals surface area (Å²) in [6.45, 7) is 6.31. The number of carbonyl (C=O) groups excluding carboxylic acids is 1. The smallest absolute Gasteiger partial charge is 0.267 e. The number of hydrogen-bond donors (Lipinski definition) is 0. The SMILES string of the molecule is Cc1cccc(-n2c(SCC(=O)N3[C@H](C)CCC[C@@H]3C)nc3sc4c(c3c2=O)CCCC4)c1. The second-order valence-corrected chi connectivity index (χ2v) is 11.5. The van der Waals surface area contributed by atoms with Crippen LogP contribution in [0.1, 0.15) is 62.0 Å². The van der Waals surface area contributed by atoms with Crippen molar-refractivity contribution >= 4 is 39.2 Å². The molecule has 0 N–H and O–H groups in total. The topological polar surface area (TPSA) is 55.2 Å². The van der Waals surface area contributed by atoms with Crippen molar-refractivity contribution in [1.82, 2.24) is 14.5 Å². The van der Waals surface area contributed by atoms with E-state index in [4.69, 9.17) is 4.98 Å². The van der Waals surface area contributed by atoms with E-state index in [0.717, 1.165) is 53.6 Å². The Kier molecular flexibility index (Phi) is 6.36. The first-order chi connectivity index (χ1) is 15.9. The highest BCUT2D eigenvalue weighted by Crippen LogP contribution is 2.35. The van der Waals surface area contributed by atoms with Crippen LogP contribution in [0.3, 0.4) is 0 Å². The molecule has 1 fully saturated rings. The van der Waals surface area contributed by atoms with Gasteiger partial charge in [-0.3, -0.25) is 14.2 Å². The number of piperidine rings is 1. The van der Waals surface area contributed by atoms with Crippen LogP contribution in [-0.2, 0) is 17.6 Å². The number of thiophene rings is 1. The standard InChI is InChI=1S/C26H31N3O2S2/c1-16-8-6-11-19(14-16)29-25(31)23-20-12-4-5-13-21(20)33-24(23)27-26(29)32-15-22(30)28-17(2)9-7-10-18(28)3/h6,8,11,14,17-18H,4-5,7,9-10,12-13,15H2,1-3H3/t17-,18+. The van der Waals surface area contributed by atoms with Crippen molar-refractivity contribution in [3.63, 3.8) is 0 Å².